The summed E-state index contributed by atoms with van der Waals surface area (Å²) in [6.45, 7) is 0.858. The maximum atomic E-state index is 13.3. The molecule has 0 saturated heterocycles. The lowest BCUT2D eigenvalue weighted by Gasteiger charge is -2.15. The third-order valence-electron chi connectivity index (χ3n) is 3.85. The molecule has 3 amide bonds. The number of rotatable bonds is 7. The fourth-order valence-corrected chi connectivity index (χ4v) is 2.82. The molecule has 2 aromatic rings. The van der Waals surface area contributed by atoms with Crippen molar-refractivity contribution in [3.05, 3.63) is 69.2 Å². The summed E-state index contributed by atoms with van der Waals surface area (Å²) in [6, 6.07) is 7.00. The van der Waals surface area contributed by atoms with Gasteiger partial charge in [0.05, 0.1) is 29.7 Å². The second kappa shape index (κ2) is 10.2. The molecule has 2 aromatic carbocycles. The first-order valence-electron chi connectivity index (χ1n) is 8.41. The van der Waals surface area contributed by atoms with Gasteiger partial charge in [-0.25, -0.2) is 8.78 Å². The smallest absolute Gasteiger partial charge is 0.253 e. The molecule has 29 heavy (non-hydrogen) atoms. The van der Waals surface area contributed by atoms with Crippen LogP contribution in [0.1, 0.15) is 28.9 Å². The molecule has 1 atom stereocenters. The Labute approximate surface area is 175 Å². The summed E-state index contributed by atoms with van der Waals surface area (Å²) in [6.07, 6.45) is 0. The van der Waals surface area contributed by atoms with Crippen LogP contribution in [-0.2, 0) is 9.59 Å². The number of benzene rings is 2. The van der Waals surface area contributed by atoms with Crippen LogP contribution in [0.5, 0.6) is 0 Å². The van der Waals surface area contributed by atoms with E-state index in [4.69, 9.17) is 23.2 Å². The number of carbonyl (C=O) groups excluding carboxylic acids is 3. The maximum absolute atomic E-state index is 13.3. The first-order valence-corrected chi connectivity index (χ1v) is 9.17. The highest BCUT2D eigenvalue weighted by Crippen LogP contribution is 2.20. The molecule has 0 aliphatic carbocycles. The van der Waals surface area contributed by atoms with E-state index in [1.54, 1.807) is 6.92 Å². The predicted octanol–water partition coefficient (Wildman–Crippen LogP) is 3.00. The minimum absolute atomic E-state index is 0.140. The summed E-state index contributed by atoms with van der Waals surface area (Å²) >= 11 is 11.7. The molecule has 2 rings (SSSR count). The van der Waals surface area contributed by atoms with Crippen LogP contribution < -0.4 is 16.0 Å². The van der Waals surface area contributed by atoms with Crippen molar-refractivity contribution in [1.82, 2.24) is 16.0 Å². The van der Waals surface area contributed by atoms with Crippen molar-refractivity contribution in [2.45, 2.75) is 13.0 Å². The third kappa shape index (κ3) is 6.69. The Kier molecular flexibility index (Phi) is 7.92. The molecule has 0 fully saturated rings. The number of halogens is 4. The molecular weight excluding hydrogens is 427 g/mol. The Morgan fingerprint density at radius 1 is 0.931 bits per heavy atom. The van der Waals surface area contributed by atoms with E-state index in [0.29, 0.717) is 10.6 Å². The predicted molar refractivity (Wildman–Crippen MR) is 105 cm³/mol. The zero-order chi connectivity index (χ0) is 21.6. The van der Waals surface area contributed by atoms with Crippen molar-refractivity contribution in [3.8, 4) is 0 Å². The molecule has 10 heteroatoms. The van der Waals surface area contributed by atoms with E-state index < -0.39 is 35.4 Å². The number of hydrogen-bond acceptors (Lipinski definition) is 3. The topological polar surface area (TPSA) is 87.3 Å². The Morgan fingerprint density at radius 3 is 2.28 bits per heavy atom. The van der Waals surface area contributed by atoms with Gasteiger partial charge in [0.1, 0.15) is 0 Å². The van der Waals surface area contributed by atoms with Gasteiger partial charge < -0.3 is 16.0 Å². The van der Waals surface area contributed by atoms with Crippen molar-refractivity contribution < 1.29 is 23.2 Å². The quantitative estimate of drug-likeness (QED) is 0.614. The molecule has 1 unspecified atom stereocenters. The van der Waals surface area contributed by atoms with E-state index in [-0.39, 0.29) is 23.7 Å². The third-order valence-corrected chi connectivity index (χ3v) is 4.40. The summed E-state index contributed by atoms with van der Waals surface area (Å²) in [5.41, 5.74) is 0.526. The van der Waals surface area contributed by atoms with Crippen molar-refractivity contribution in [2.24, 2.45) is 0 Å². The summed E-state index contributed by atoms with van der Waals surface area (Å²) in [4.78, 5) is 35.7. The van der Waals surface area contributed by atoms with Crippen molar-refractivity contribution in [3.63, 3.8) is 0 Å². The molecule has 154 valence electrons. The summed E-state index contributed by atoms with van der Waals surface area (Å²) < 4.78 is 26.2. The van der Waals surface area contributed by atoms with E-state index in [1.807, 2.05) is 0 Å². The fraction of sp³-hybridized carbons (Fsp3) is 0.211. The molecule has 3 N–H and O–H groups in total. The van der Waals surface area contributed by atoms with Crippen molar-refractivity contribution >= 4 is 40.9 Å². The standard InChI is InChI=1S/C19H17Cl2F2N3O3/c1-10(11-2-5-15(22)16(23)6-11)26-18(28)9-24-17(27)8-25-19(29)13-4-3-12(20)7-14(13)21/h2-7,10H,8-9H2,1H3,(H,24,27)(H,25,29)(H,26,28). The van der Waals surface area contributed by atoms with Gasteiger partial charge in [-0.1, -0.05) is 29.3 Å². The molecule has 0 radical (unpaired) electrons. The molecule has 0 saturated carbocycles. The average Bonchev–Trinajstić information content (AvgIpc) is 2.66. The van der Waals surface area contributed by atoms with Crippen LogP contribution in [0.2, 0.25) is 10.0 Å². The van der Waals surface area contributed by atoms with Crippen LogP contribution in [0.4, 0.5) is 8.78 Å². The lowest BCUT2D eigenvalue weighted by Crippen LogP contribution is -2.42. The van der Waals surface area contributed by atoms with E-state index in [0.717, 1.165) is 12.1 Å². The minimum atomic E-state index is -1.02. The summed E-state index contributed by atoms with van der Waals surface area (Å²) in [7, 11) is 0. The minimum Gasteiger partial charge on any atom is -0.348 e. The highest BCUT2D eigenvalue weighted by Gasteiger charge is 2.14. The number of hydrogen-bond donors (Lipinski definition) is 3. The molecule has 0 bridgehead atoms. The molecule has 6 nitrogen and oxygen atoms in total. The van der Waals surface area contributed by atoms with Gasteiger partial charge in [0.2, 0.25) is 11.8 Å². The number of carbonyl (C=O) groups is 3. The van der Waals surface area contributed by atoms with Crippen LogP contribution in [0.25, 0.3) is 0 Å². The van der Waals surface area contributed by atoms with Gasteiger partial charge in [-0.05, 0) is 42.8 Å². The van der Waals surface area contributed by atoms with Gasteiger partial charge in [0.25, 0.3) is 5.91 Å². The second-order valence-corrected chi connectivity index (χ2v) is 6.89. The molecule has 0 aliphatic heterocycles. The van der Waals surface area contributed by atoms with Crippen molar-refractivity contribution in [2.75, 3.05) is 13.1 Å². The largest absolute Gasteiger partial charge is 0.348 e. The van der Waals surface area contributed by atoms with Crippen molar-refractivity contribution in [1.29, 1.82) is 0 Å². The summed E-state index contributed by atoms with van der Waals surface area (Å²) in [5, 5.41) is 7.76. The van der Waals surface area contributed by atoms with Gasteiger partial charge in [-0.2, -0.15) is 0 Å². The van der Waals surface area contributed by atoms with Gasteiger partial charge in [-0.3, -0.25) is 14.4 Å². The van der Waals surface area contributed by atoms with Gasteiger partial charge in [-0.15, -0.1) is 0 Å². The van der Waals surface area contributed by atoms with Crippen LogP contribution in [0, 0.1) is 11.6 Å². The van der Waals surface area contributed by atoms with Crippen LogP contribution in [-0.4, -0.2) is 30.8 Å². The van der Waals surface area contributed by atoms with Crippen LogP contribution in [0.15, 0.2) is 36.4 Å². The number of amides is 3. The van der Waals surface area contributed by atoms with Crippen LogP contribution in [0.3, 0.4) is 0 Å². The van der Waals surface area contributed by atoms with E-state index in [1.165, 1.54) is 24.3 Å². The van der Waals surface area contributed by atoms with Gasteiger partial charge >= 0.3 is 0 Å². The van der Waals surface area contributed by atoms with Gasteiger partial charge in [0.15, 0.2) is 11.6 Å². The average molecular weight is 444 g/mol. The lowest BCUT2D eigenvalue weighted by atomic mass is 10.1. The fourth-order valence-electron chi connectivity index (χ4n) is 2.33. The summed E-state index contributed by atoms with van der Waals surface area (Å²) in [5.74, 6) is -3.71. The monoisotopic (exact) mass is 443 g/mol. The Morgan fingerprint density at radius 2 is 1.62 bits per heavy atom. The normalized spacial score (nSPS) is 11.5. The molecule has 0 aliphatic rings. The first kappa shape index (κ1) is 22.6. The van der Waals surface area contributed by atoms with E-state index >= 15 is 0 Å². The molecule has 0 spiro atoms. The number of nitrogens with one attached hydrogen (secondary N) is 3. The van der Waals surface area contributed by atoms with E-state index in [2.05, 4.69) is 16.0 Å². The highest BCUT2D eigenvalue weighted by atomic mass is 35.5. The molecule has 0 aromatic heterocycles. The second-order valence-electron chi connectivity index (χ2n) is 6.05. The Balaban J connectivity index is 1.77. The SMILES string of the molecule is CC(NC(=O)CNC(=O)CNC(=O)c1ccc(Cl)cc1Cl)c1ccc(F)c(F)c1. The molecule has 0 heterocycles. The highest BCUT2D eigenvalue weighted by molar-refractivity contribution is 6.36. The Hall–Kier alpha value is -2.71. The maximum Gasteiger partial charge on any atom is 0.253 e. The zero-order valence-electron chi connectivity index (χ0n) is 15.2. The Bertz CT molecular complexity index is 941. The van der Waals surface area contributed by atoms with Crippen LogP contribution >= 0.6 is 23.2 Å². The molecular formula is C19H17Cl2F2N3O3. The zero-order valence-corrected chi connectivity index (χ0v) is 16.7. The van der Waals surface area contributed by atoms with Gasteiger partial charge in [0, 0.05) is 5.02 Å². The lowest BCUT2D eigenvalue weighted by molar-refractivity contribution is -0.125. The van der Waals surface area contributed by atoms with E-state index in [9.17, 15) is 23.2 Å². The first-order chi connectivity index (χ1) is 13.7.